The van der Waals surface area contributed by atoms with Gasteiger partial charge in [-0.15, -0.1) is 11.3 Å². The van der Waals surface area contributed by atoms with Crippen LogP contribution in [0.15, 0.2) is 36.4 Å². The van der Waals surface area contributed by atoms with Crippen LogP contribution >= 0.6 is 11.3 Å². The van der Waals surface area contributed by atoms with E-state index >= 15 is 0 Å². The van der Waals surface area contributed by atoms with Gasteiger partial charge in [0.1, 0.15) is 0 Å². The van der Waals surface area contributed by atoms with Crippen LogP contribution in [0, 0.1) is 5.92 Å². The topological polar surface area (TPSA) is 22.3 Å². The maximum Gasteiger partial charge on any atom is 0.319 e. The molecular weight excluding hydrogens is 481 g/mol. The van der Waals surface area contributed by atoms with Crippen molar-refractivity contribution in [3.05, 3.63) is 57.4 Å². The average Bonchev–Trinajstić information content (AvgIpc) is 3.40. The van der Waals surface area contributed by atoms with Crippen molar-refractivity contribution in [1.29, 1.82) is 0 Å². The summed E-state index contributed by atoms with van der Waals surface area (Å²) in [5.41, 5.74) is 2.83. The van der Waals surface area contributed by atoms with Gasteiger partial charge in [0.2, 0.25) is 0 Å². The molecule has 3 nitrogen and oxygen atoms in total. The zero-order chi connectivity index (χ0) is 24.7. The maximum atomic E-state index is 14.3. The Bertz CT molecular complexity index is 1150. The Morgan fingerprint density at radius 1 is 1.14 bits per heavy atom. The number of para-hydroxylation sites is 1. The van der Waals surface area contributed by atoms with Gasteiger partial charge in [-0.05, 0) is 55.9 Å². The summed E-state index contributed by atoms with van der Waals surface area (Å²) in [6, 6.07) is 11.0. The van der Waals surface area contributed by atoms with Crippen LogP contribution in [-0.2, 0) is 12.8 Å². The van der Waals surface area contributed by atoms with Crippen molar-refractivity contribution in [2.24, 2.45) is 5.92 Å². The van der Waals surface area contributed by atoms with Crippen LogP contribution in [0.5, 0.6) is 0 Å². The predicted octanol–water partition coefficient (Wildman–Crippen LogP) is 6.30. The molecule has 190 valence electrons. The molecule has 0 radical (unpaired) electrons. The van der Waals surface area contributed by atoms with E-state index in [2.05, 4.69) is 9.88 Å². The minimum atomic E-state index is -4.09. The number of H-pyrrole nitrogens is 1. The highest BCUT2D eigenvalue weighted by atomic mass is 32.1. The molecule has 0 bridgehead atoms. The van der Waals surface area contributed by atoms with Gasteiger partial charge in [0.05, 0.1) is 19.3 Å². The monoisotopic (exact) mass is 511 g/mol. The van der Waals surface area contributed by atoms with Gasteiger partial charge in [-0.2, -0.15) is 8.78 Å². The number of hydrogen-bond donors (Lipinski definition) is 1. The van der Waals surface area contributed by atoms with Gasteiger partial charge in [0.15, 0.2) is 0 Å². The van der Waals surface area contributed by atoms with Crippen LogP contribution in [0.4, 0.5) is 22.0 Å². The second-order valence-electron chi connectivity index (χ2n) is 9.93. The third-order valence-corrected chi connectivity index (χ3v) is 8.47. The summed E-state index contributed by atoms with van der Waals surface area (Å²) < 4.78 is 67.4. The third kappa shape index (κ3) is 4.87. The Morgan fingerprint density at radius 2 is 1.91 bits per heavy atom. The highest BCUT2D eigenvalue weighted by Crippen LogP contribution is 2.44. The molecule has 2 aliphatic rings. The maximum absolute atomic E-state index is 14.3. The normalized spacial score (nSPS) is 22.1. The Balaban J connectivity index is 1.44. The number of thiophene rings is 1. The fraction of sp³-hybridized carbons (Fsp3) is 0.538. The van der Waals surface area contributed by atoms with Crippen LogP contribution in [0.25, 0.3) is 10.9 Å². The fourth-order valence-corrected chi connectivity index (χ4v) is 6.84. The summed E-state index contributed by atoms with van der Waals surface area (Å²) in [7, 11) is 0. The lowest BCUT2D eigenvalue weighted by Crippen LogP contribution is -2.50. The van der Waals surface area contributed by atoms with Crippen molar-refractivity contribution < 1.29 is 22.0 Å². The van der Waals surface area contributed by atoms with Gasteiger partial charge in [-0.1, -0.05) is 18.2 Å². The molecule has 5 rings (SSSR count). The standard InChI is InChI=1S/C26H30F5N3S/c1-16-11-20-19-5-2-3-6-21(19)32-23(20)24(34(16)15-26(30,31)25(28)29)22-8-7-18(35-22)12-17-13-33(14-17)10-4-9-27/h2-3,5-8,16-17,24-25,32H,4,9-15H2,1H3/t16-,24-/m1/s1. The lowest BCUT2D eigenvalue weighted by molar-refractivity contribution is -0.150. The molecule has 2 atom stereocenters. The summed E-state index contributed by atoms with van der Waals surface area (Å²) in [4.78, 5) is 9.25. The first kappa shape index (κ1) is 24.7. The lowest BCUT2D eigenvalue weighted by Gasteiger charge is -2.41. The third-order valence-electron chi connectivity index (χ3n) is 7.31. The second-order valence-corrected chi connectivity index (χ2v) is 11.1. The molecule has 9 heteroatoms. The van der Waals surface area contributed by atoms with Gasteiger partial charge in [-0.3, -0.25) is 9.29 Å². The van der Waals surface area contributed by atoms with Gasteiger partial charge >= 0.3 is 12.3 Å². The SMILES string of the molecule is C[C@@H]1Cc2c([nH]c3ccccc23)[C@@H](c2ccc(CC3CN(CCCF)C3)s2)N1CC(F)(F)C(F)F. The first-order valence-corrected chi connectivity index (χ1v) is 13.0. The number of aromatic amines is 1. The quantitative estimate of drug-likeness (QED) is 0.341. The minimum absolute atomic E-state index is 0.299. The molecule has 4 heterocycles. The number of benzene rings is 1. The number of alkyl halides is 5. The van der Waals surface area contributed by atoms with Crippen molar-refractivity contribution in [3.63, 3.8) is 0 Å². The van der Waals surface area contributed by atoms with Crippen LogP contribution in [0.3, 0.4) is 0 Å². The van der Waals surface area contributed by atoms with Crippen molar-refractivity contribution >= 4 is 22.2 Å². The summed E-state index contributed by atoms with van der Waals surface area (Å²) in [6.07, 6.45) is -1.75. The molecule has 35 heavy (non-hydrogen) atoms. The molecule has 0 unspecified atom stereocenters. The van der Waals surface area contributed by atoms with Crippen LogP contribution < -0.4 is 0 Å². The van der Waals surface area contributed by atoms with Gasteiger partial charge < -0.3 is 9.88 Å². The van der Waals surface area contributed by atoms with Crippen LogP contribution in [-0.4, -0.2) is 66.0 Å². The number of halogens is 5. The zero-order valence-corrected chi connectivity index (χ0v) is 20.4. The molecule has 2 aromatic heterocycles. The fourth-order valence-electron chi connectivity index (χ4n) is 5.58. The Labute approximate surface area is 205 Å². The Kier molecular flexibility index (Phi) is 6.94. The molecule has 0 spiro atoms. The molecule has 1 N–H and O–H groups in total. The van der Waals surface area contributed by atoms with Crippen molar-refractivity contribution in [3.8, 4) is 0 Å². The number of nitrogens with zero attached hydrogens (tertiary/aromatic N) is 2. The Hall–Kier alpha value is -1.97. The molecule has 1 fully saturated rings. The van der Waals surface area contributed by atoms with Gasteiger partial charge in [0, 0.05) is 52.0 Å². The number of rotatable bonds is 9. The van der Waals surface area contributed by atoms with E-state index in [9.17, 15) is 22.0 Å². The Morgan fingerprint density at radius 3 is 2.66 bits per heavy atom. The summed E-state index contributed by atoms with van der Waals surface area (Å²) in [6.45, 7) is 3.20. The number of nitrogens with one attached hydrogen (secondary N) is 1. The van der Waals surface area contributed by atoms with E-state index in [0.717, 1.165) is 58.0 Å². The average molecular weight is 512 g/mol. The highest BCUT2D eigenvalue weighted by Gasteiger charge is 2.47. The molecule has 0 saturated carbocycles. The number of fused-ring (bicyclic) bond motifs is 3. The van der Waals surface area contributed by atoms with Gasteiger partial charge in [0.25, 0.3) is 0 Å². The van der Waals surface area contributed by atoms with E-state index in [1.165, 1.54) is 0 Å². The largest absolute Gasteiger partial charge is 0.357 e. The predicted molar refractivity (Wildman–Crippen MR) is 130 cm³/mol. The second kappa shape index (κ2) is 9.82. The molecule has 0 aliphatic carbocycles. The minimum Gasteiger partial charge on any atom is -0.357 e. The van der Waals surface area contributed by atoms with Gasteiger partial charge in [-0.25, -0.2) is 8.78 Å². The van der Waals surface area contributed by atoms with E-state index < -0.39 is 24.9 Å². The van der Waals surface area contributed by atoms with E-state index in [0.29, 0.717) is 18.8 Å². The van der Waals surface area contributed by atoms with Crippen molar-refractivity contribution in [2.45, 2.75) is 50.6 Å². The first-order chi connectivity index (χ1) is 16.8. The van der Waals surface area contributed by atoms with Crippen LogP contribution in [0.2, 0.25) is 0 Å². The smallest absolute Gasteiger partial charge is 0.319 e. The number of hydrogen-bond acceptors (Lipinski definition) is 3. The lowest BCUT2D eigenvalue weighted by atomic mass is 9.91. The summed E-state index contributed by atoms with van der Waals surface area (Å²) >= 11 is 1.58. The molecule has 1 aromatic carbocycles. The van der Waals surface area contributed by atoms with Crippen LogP contribution in [0.1, 0.15) is 40.4 Å². The van der Waals surface area contributed by atoms with Crippen molar-refractivity contribution in [1.82, 2.24) is 14.8 Å². The van der Waals surface area contributed by atoms with E-state index in [1.807, 2.05) is 43.3 Å². The number of aromatic nitrogens is 1. The first-order valence-electron chi connectivity index (χ1n) is 12.1. The molecule has 1 saturated heterocycles. The molecule has 2 aliphatic heterocycles. The summed E-state index contributed by atoms with van der Waals surface area (Å²) in [5.74, 6) is -3.60. The van der Waals surface area contributed by atoms with E-state index in [-0.39, 0.29) is 12.7 Å². The summed E-state index contributed by atoms with van der Waals surface area (Å²) in [5, 5.41) is 1.05. The molecular formula is C26H30F5N3S. The van der Waals surface area contributed by atoms with Crippen molar-refractivity contribution in [2.75, 3.05) is 32.9 Å². The zero-order valence-electron chi connectivity index (χ0n) is 19.6. The number of likely N-dealkylation sites (tertiary alicyclic amines) is 1. The molecule has 0 amide bonds. The van der Waals surface area contributed by atoms with E-state index in [1.54, 1.807) is 16.2 Å². The molecule has 3 aromatic rings. The van der Waals surface area contributed by atoms with E-state index in [4.69, 9.17) is 0 Å². The highest BCUT2D eigenvalue weighted by molar-refractivity contribution is 7.12.